The van der Waals surface area contributed by atoms with Gasteiger partial charge in [-0.15, -0.1) is 0 Å². The fourth-order valence-electron chi connectivity index (χ4n) is 1.42. The maximum Gasteiger partial charge on any atom is 0.161 e. The molecule has 0 aromatic heterocycles. The molecular weight excluding hydrogens is 230 g/mol. The third-order valence-corrected chi connectivity index (χ3v) is 3.64. The van der Waals surface area contributed by atoms with Gasteiger partial charge in [-0.1, -0.05) is 24.8 Å². The van der Waals surface area contributed by atoms with Crippen molar-refractivity contribution in [1.82, 2.24) is 0 Å². The number of amidine groups is 1. The van der Waals surface area contributed by atoms with Crippen LogP contribution in [0.3, 0.4) is 0 Å². The van der Waals surface area contributed by atoms with Crippen molar-refractivity contribution in [1.29, 1.82) is 0 Å². The molecule has 2 nitrogen and oxygen atoms in total. The molecule has 1 aromatic carbocycles. The van der Waals surface area contributed by atoms with Crippen LogP contribution in [-0.4, -0.2) is 17.0 Å². The van der Waals surface area contributed by atoms with E-state index >= 15 is 0 Å². The SMILES string of the molecule is CCC1CN=C(Nc2c(F)cccc2F)S1. The highest BCUT2D eigenvalue weighted by Crippen LogP contribution is 2.26. The predicted octanol–water partition coefficient (Wildman–Crippen LogP) is 3.26. The quantitative estimate of drug-likeness (QED) is 0.860. The molecule has 0 saturated carbocycles. The number of hydrogen-bond donors (Lipinski definition) is 1. The molecular formula is C11H12F2N2S. The number of halogens is 2. The minimum atomic E-state index is -0.594. The molecule has 86 valence electrons. The number of benzene rings is 1. The van der Waals surface area contributed by atoms with E-state index in [9.17, 15) is 8.78 Å². The van der Waals surface area contributed by atoms with E-state index in [1.165, 1.54) is 30.0 Å². The van der Waals surface area contributed by atoms with Gasteiger partial charge in [0.15, 0.2) is 5.17 Å². The molecule has 0 bridgehead atoms. The van der Waals surface area contributed by atoms with E-state index in [-0.39, 0.29) is 5.69 Å². The average molecular weight is 242 g/mol. The van der Waals surface area contributed by atoms with Crippen molar-refractivity contribution in [3.05, 3.63) is 29.8 Å². The topological polar surface area (TPSA) is 24.4 Å². The maximum absolute atomic E-state index is 13.3. The Morgan fingerprint density at radius 2 is 2.12 bits per heavy atom. The molecule has 1 atom stereocenters. The van der Waals surface area contributed by atoms with E-state index in [0.717, 1.165) is 6.42 Å². The lowest BCUT2D eigenvalue weighted by atomic mass is 10.3. The Morgan fingerprint density at radius 3 is 2.69 bits per heavy atom. The second-order valence-corrected chi connectivity index (χ2v) is 4.80. The molecule has 1 heterocycles. The molecule has 0 spiro atoms. The largest absolute Gasteiger partial charge is 0.330 e. The van der Waals surface area contributed by atoms with Crippen LogP contribution in [0.1, 0.15) is 13.3 Å². The van der Waals surface area contributed by atoms with Gasteiger partial charge in [-0.3, -0.25) is 4.99 Å². The van der Waals surface area contributed by atoms with Crippen molar-refractivity contribution in [3.63, 3.8) is 0 Å². The second-order valence-electron chi connectivity index (χ2n) is 3.52. The fraction of sp³-hybridized carbons (Fsp3) is 0.364. The molecule has 16 heavy (non-hydrogen) atoms. The molecule has 5 heteroatoms. The van der Waals surface area contributed by atoms with Crippen molar-refractivity contribution >= 4 is 22.6 Å². The van der Waals surface area contributed by atoms with Gasteiger partial charge in [0.05, 0.1) is 6.54 Å². The Labute approximate surface area is 97.1 Å². The number of aliphatic imine (C=N–C) groups is 1. The summed E-state index contributed by atoms with van der Waals surface area (Å²) in [5.41, 5.74) is -0.120. The summed E-state index contributed by atoms with van der Waals surface area (Å²) in [5, 5.41) is 3.71. The van der Waals surface area contributed by atoms with Gasteiger partial charge in [-0.05, 0) is 18.6 Å². The number of nitrogens with zero attached hydrogens (tertiary/aromatic N) is 1. The lowest BCUT2D eigenvalue weighted by Crippen LogP contribution is -2.09. The van der Waals surface area contributed by atoms with E-state index in [2.05, 4.69) is 17.2 Å². The summed E-state index contributed by atoms with van der Waals surface area (Å²) in [6.07, 6.45) is 0.999. The molecule has 2 rings (SSSR count). The highest BCUT2D eigenvalue weighted by molar-refractivity contribution is 8.15. The average Bonchev–Trinajstić information content (AvgIpc) is 2.71. The van der Waals surface area contributed by atoms with Gasteiger partial charge in [0.2, 0.25) is 0 Å². The molecule has 0 radical (unpaired) electrons. The van der Waals surface area contributed by atoms with Crippen LogP contribution in [-0.2, 0) is 0 Å². The number of hydrogen-bond acceptors (Lipinski definition) is 3. The molecule has 1 aromatic rings. The molecule has 1 N–H and O–H groups in total. The molecule has 0 saturated heterocycles. The smallest absolute Gasteiger partial charge is 0.161 e. The summed E-state index contributed by atoms with van der Waals surface area (Å²) < 4.78 is 26.6. The van der Waals surface area contributed by atoms with E-state index in [1.54, 1.807) is 0 Å². The van der Waals surface area contributed by atoms with Gasteiger partial charge in [0.1, 0.15) is 17.3 Å². The third-order valence-electron chi connectivity index (χ3n) is 2.37. The van der Waals surface area contributed by atoms with Crippen LogP contribution in [0.15, 0.2) is 23.2 Å². The number of para-hydroxylation sites is 1. The highest BCUT2D eigenvalue weighted by atomic mass is 32.2. The molecule has 0 amide bonds. The number of nitrogens with one attached hydrogen (secondary N) is 1. The lowest BCUT2D eigenvalue weighted by molar-refractivity contribution is 0.591. The second kappa shape index (κ2) is 4.82. The van der Waals surface area contributed by atoms with Crippen molar-refractivity contribution < 1.29 is 8.78 Å². The highest BCUT2D eigenvalue weighted by Gasteiger charge is 2.19. The Hall–Kier alpha value is -1.10. The van der Waals surface area contributed by atoms with Crippen LogP contribution in [0, 0.1) is 11.6 Å². The Morgan fingerprint density at radius 1 is 1.44 bits per heavy atom. The van der Waals surface area contributed by atoms with E-state index in [0.29, 0.717) is 17.0 Å². The summed E-state index contributed by atoms with van der Waals surface area (Å²) in [4.78, 5) is 4.20. The monoisotopic (exact) mass is 242 g/mol. The summed E-state index contributed by atoms with van der Waals surface area (Å²) in [7, 11) is 0. The first-order valence-corrected chi connectivity index (χ1v) is 6.00. The Kier molecular flexibility index (Phi) is 3.43. The molecule has 0 fully saturated rings. The number of thioether (sulfide) groups is 1. The van der Waals surface area contributed by atoms with Gasteiger partial charge in [0, 0.05) is 5.25 Å². The molecule has 1 unspecified atom stereocenters. The molecule has 0 aliphatic carbocycles. The van der Waals surface area contributed by atoms with Crippen LogP contribution in [0.4, 0.5) is 14.5 Å². The summed E-state index contributed by atoms with van der Waals surface area (Å²) in [6.45, 7) is 2.78. The fourth-order valence-corrected chi connectivity index (χ4v) is 2.36. The van der Waals surface area contributed by atoms with Crippen molar-refractivity contribution in [2.24, 2.45) is 4.99 Å². The standard InChI is InChI=1S/C11H12F2N2S/c1-2-7-6-14-11(16-7)15-10-8(12)4-3-5-9(10)13/h3-5,7H,2,6H2,1H3,(H,14,15). The van der Waals surface area contributed by atoms with E-state index < -0.39 is 11.6 Å². The van der Waals surface area contributed by atoms with Crippen LogP contribution < -0.4 is 5.32 Å². The first-order valence-electron chi connectivity index (χ1n) is 5.13. The minimum Gasteiger partial charge on any atom is -0.330 e. The molecule has 1 aliphatic heterocycles. The predicted molar refractivity (Wildman–Crippen MR) is 64.0 cm³/mol. The maximum atomic E-state index is 13.3. The minimum absolute atomic E-state index is 0.120. The third kappa shape index (κ3) is 2.35. The summed E-state index contributed by atoms with van der Waals surface area (Å²) in [6, 6.07) is 3.79. The number of rotatable bonds is 2. The van der Waals surface area contributed by atoms with Crippen molar-refractivity contribution in [2.75, 3.05) is 11.9 Å². The number of anilines is 1. The first-order chi connectivity index (χ1) is 7.70. The van der Waals surface area contributed by atoms with E-state index in [1.807, 2.05) is 0 Å². The zero-order valence-corrected chi connectivity index (χ0v) is 9.65. The van der Waals surface area contributed by atoms with Gasteiger partial charge < -0.3 is 5.32 Å². The van der Waals surface area contributed by atoms with Crippen molar-refractivity contribution in [2.45, 2.75) is 18.6 Å². The lowest BCUT2D eigenvalue weighted by Gasteiger charge is -2.08. The Balaban J connectivity index is 2.11. The first kappa shape index (κ1) is 11.4. The Bertz CT molecular complexity index is 400. The van der Waals surface area contributed by atoms with Crippen LogP contribution in [0.25, 0.3) is 0 Å². The van der Waals surface area contributed by atoms with Gasteiger partial charge in [-0.2, -0.15) is 0 Å². The normalized spacial score (nSPS) is 19.7. The van der Waals surface area contributed by atoms with Crippen LogP contribution in [0.2, 0.25) is 0 Å². The zero-order chi connectivity index (χ0) is 11.5. The molecule has 1 aliphatic rings. The van der Waals surface area contributed by atoms with Gasteiger partial charge >= 0.3 is 0 Å². The van der Waals surface area contributed by atoms with Crippen LogP contribution >= 0.6 is 11.8 Å². The van der Waals surface area contributed by atoms with Gasteiger partial charge in [-0.25, -0.2) is 8.78 Å². The summed E-state index contributed by atoms with van der Waals surface area (Å²) in [5.74, 6) is -1.19. The van der Waals surface area contributed by atoms with E-state index in [4.69, 9.17) is 0 Å². The van der Waals surface area contributed by atoms with Gasteiger partial charge in [0.25, 0.3) is 0 Å². The van der Waals surface area contributed by atoms with Crippen molar-refractivity contribution in [3.8, 4) is 0 Å². The van der Waals surface area contributed by atoms with Crippen LogP contribution in [0.5, 0.6) is 0 Å². The zero-order valence-electron chi connectivity index (χ0n) is 8.84. The summed E-state index contributed by atoms with van der Waals surface area (Å²) >= 11 is 1.53.